The number of hydrogen-bond donors (Lipinski definition) is 2. The monoisotopic (exact) mass is 606 g/mol. The summed E-state index contributed by atoms with van der Waals surface area (Å²) in [6.07, 6.45) is -7.05. The standard InChI is InChI=1S/C23H16Cl4F6N2O2/c24-15-7-11(2-4-14(23(31,32)33)12-8-16(25)18(27)17(26)9-12)1-3-13(15)19(36)35-21(5-6-21)20(37)34-10-22(28,29)30/h1-4,7-9,14H,5-6,10H2,(H,34,37)(H,35,36)/b4-2+. The van der Waals surface area contributed by atoms with Crippen molar-refractivity contribution >= 4 is 64.3 Å². The SMILES string of the molecule is O=C(NC1(C(=O)NCC(F)(F)F)CC1)c1ccc(/C=C/C(c2cc(Cl)c(Cl)c(Cl)c2)C(F)(F)F)cc1Cl. The molecule has 1 fully saturated rings. The molecule has 0 aromatic heterocycles. The molecule has 1 aliphatic rings. The Labute approximate surface area is 226 Å². The molecule has 0 bridgehead atoms. The van der Waals surface area contributed by atoms with E-state index in [1.165, 1.54) is 18.2 Å². The molecule has 0 spiro atoms. The van der Waals surface area contributed by atoms with Crippen molar-refractivity contribution in [2.45, 2.75) is 36.7 Å². The van der Waals surface area contributed by atoms with E-state index >= 15 is 0 Å². The molecular formula is C23H16Cl4F6N2O2. The van der Waals surface area contributed by atoms with Crippen LogP contribution in [0.5, 0.6) is 0 Å². The summed E-state index contributed by atoms with van der Waals surface area (Å²) in [4.78, 5) is 24.7. The molecule has 1 atom stereocenters. The van der Waals surface area contributed by atoms with Crippen molar-refractivity contribution in [1.29, 1.82) is 0 Å². The van der Waals surface area contributed by atoms with Gasteiger partial charge in [-0.2, -0.15) is 26.3 Å². The van der Waals surface area contributed by atoms with Gasteiger partial charge in [0.05, 0.1) is 31.6 Å². The van der Waals surface area contributed by atoms with Crippen LogP contribution in [-0.4, -0.2) is 36.3 Å². The van der Waals surface area contributed by atoms with E-state index in [-0.39, 0.29) is 49.6 Å². The molecule has 2 amide bonds. The van der Waals surface area contributed by atoms with E-state index in [9.17, 15) is 35.9 Å². The fourth-order valence-electron chi connectivity index (χ4n) is 3.36. The molecule has 14 heteroatoms. The van der Waals surface area contributed by atoms with Crippen LogP contribution >= 0.6 is 46.4 Å². The number of hydrogen-bond acceptors (Lipinski definition) is 2. The lowest BCUT2D eigenvalue weighted by Crippen LogP contribution is -2.50. The lowest BCUT2D eigenvalue weighted by atomic mass is 9.97. The van der Waals surface area contributed by atoms with Gasteiger partial charge < -0.3 is 10.6 Å². The number of carbonyl (C=O) groups excluding carboxylic acids is 2. The molecule has 3 rings (SSSR count). The number of halogens is 10. The Hall–Kier alpha value is -2.14. The molecule has 1 saturated carbocycles. The number of benzene rings is 2. The van der Waals surface area contributed by atoms with Crippen molar-refractivity contribution in [1.82, 2.24) is 10.6 Å². The second kappa shape index (κ2) is 10.9. The summed E-state index contributed by atoms with van der Waals surface area (Å²) >= 11 is 23.7. The lowest BCUT2D eigenvalue weighted by Gasteiger charge is -2.19. The third-order valence-corrected chi connectivity index (χ3v) is 6.93. The zero-order chi connectivity index (χ0) is 27.8. The molecule has 0 radical (unpaired) electrons. The molecule has 37 heavy (non-hydrogen) atoms. The first-order chi connectivity index (χ1) is 17.0. The van der Waals surface area contributed by atoms with Gasteiger partial charge in [0.15, 0.2) is 0 Å². The van der Waals surface area contributed by atoms with Crippen LogP contribution in [0.2, 0.25) is 20.1 Å². The van der Waals surface area contributed by atoms with Gasteiger partial charge >= 0.3 is 12.4 Å². The van der Waals surface area contributed by atoms with E-state index in [0.717, 1.165) is 24.3 Å². The van der Waals surface area contributed by atoms with Crippen molar-refractivity contribution in [3.05, 3.63) is 73.2 Å². The number of amides is 2. The highest BCUT2D eigenvalue weighted by atomic mass is 35.5. The Morgan fingerprint density at radius 2 is 1.54 bits per heavy atom. The van der Waals surface area contributed by atoms with Crippen LogP contribution in [0.4, 0.5) is 26.3 Å². The van der Waals surface area contributed by atoms with Crippen LogP contribution in [0.1, 0.15) is 40.2 Å². The van der Waals surface area contributed by atoms with Crippen LogP contribution in [0.3, 0.4) is 0 Å². The van der Waals surface area contributed by atoms with Gasteiger partial charge in [0.2, 0.25) is 5.91 Å². The van der Waals surface area contributed by atoms with Gasteiger partial charge in [-0.1, -0.05) is 64.6 Å². The Morgan fingerprint density at radius 1 is 0.946 bits per heavy atom. The summed E-state index contributed by atoms with van der Waals surface area (Å²) in [7, 11) is 0. The number of carbonyl (C=O) groups is 2. The first kappa shape index (κ1) is 29.4. The second-order valence-corrected chi connectivity index (χ2v) is 9.85. The molecule has 0 aliphatic heterocycles. The van der Waals surface area contributed by atoms with Gasteiger partial charge in [0.25, 0.3) is 5.91 Å². The predicted molar refractivity (Wildman–Crippen MR) is 129 cm³/mol. The minimum atomic E-state index is -4.70. The Kier molecular flexibility index (Phi) is 8.68. The van der Waals surface area contributed by atoms with Crippen LogP contribution in [0.25, 0.3) is 6.08 Å². The molecule has 0 saturated heterocycles. The highest BCUT2D eigenvalue weighted by Crippen LogP contribution is 2.41. The summed E-state index contributed by atoms with van der Waals surface area (Å²) in [6.45, 7) is -1.54. The molecule has 1 aliphatic carbocycles. The topological polar surface area (TPSA) is 58.2 Å². The van der Waals surface area contributed by atoms with E-state index in [1.807, 2.05) is 0 Å². The third kappa shape index (κ3) is 7.46. The molecule has 4 nitrogen and oxygen atoms in total. The summed E-state index contributed by atoms with van der Waals surface area (Å²) in [5.41, 5.74) is -1.63. The fourth-order valence-corrected chi connectivity index (χ4v) is 4.25. The predicted octanol–water partition coefficient (Wildman–Crippen LogP) is 7.60. The highest BCUT2D eigenvalue weighted by molar-refractivity contribution is 6.48. The van der Waals surface area contributed by atoms with Crippen LogP contribution in [0.15, 0.2) is 36.4 Å². The average Bonchev–Trinajstić information content (AvgIpc) is 3.55. The fraction of sp³-hybridized carbons (Fsp3) is 0.304. The van der Waals surface area contributed by atoms with Gasteiger partial charge in [-0.15, -0.1) is 0 Å². The number of rotatable bonds is 7. The maximum absolute atomic E-state index is 13.7. The Bertz CT molecular complexity index is 1220. The van der Waals surface area contributed by atoms with Crippen molar-refractivity contribution in [3.63, 3.8) is 0 Å². The van der Waals surface area contributed by atoms with E-state index < -0.39 is 42.2 Å². The number of allylic oxidation sites excluding steroid dienone is 1. The Morgan fingerprint density at radius 3 is 2.03 bits per heavy atom. The van der Waals surface area contributed by atoms with Gasteiger partial charge in [0, 0.05) is 0 Å². The van der Waals surface area contributed by atoms with Crippen LogP contribution < -0.4 is 10.6 Å². The number of nitrogens with one attached hydrogen (secondary N) is 2. The Balaban J connectivity index is 1.76. The largest absolute Gasteiger partial charge is 0.405 e. The van der Waals surface area contributed by atoms with E-state index in [1.54, 1.807) is 5.32 Å². The molecule has 2 N–H and O–H groups in total. The summed E-state index contributed by atoms with van der Waals surface area (Å²) in [6, 6.07) is 5.87. The molecular weight excluding hydrogens is 592 g/mol. The summed E-state index contributed by atoms with van der Waals surface area (Å²) in [5, 5.41) is 3.59. The zero-order valence-corrected chi connectivity index (χ0v) is 21.4. The van der Waals surface area contributed by atoms with Gasteiger partial charge in [-0.05, 0) is 48.2 Å². The van der Waals surface area contributed by atoms with Gasteiger partial charge in [-0.3, -0.25) is 9.59 Å². The highest BCUT2D eigenvalue weighted by Gasteiger charge is 2.52. The zero-order valence-electron chi connectivity index (χ0n) is 18.3. The van der Waals surface area contributed by atoms with E-state index in [4.69, 9.17) is 46.4 Å². The summed E-state index contributed by atoms with van der Waals surface area (Å²) in [5.74, 6) is -3.89. The minimum absolute atomic E-state index is 0.0801. The average molecular weight is 608 g/mol. The van der Waals surface area contributed by atoms with Gasteiger partial charge in [0.1, 0.15) is 12.1 Å². The maximum atomic E-state index is 13.7. The smallest absolute Gasteiger partial charge is 0.345 e. The van der Waals surface area contributed by atoms with Crippen LogP contribution in [0, 0.1) is 0 Å². The van der Waals surface area contributed by atoms with Crippen molar-refractivity contribution in [3.8, 4) is 0 Å². The van der Waals surface area contributed by atoms with Crippen molar-refractivity contribution in [2.24, 2.45) is 0 Å². The number of alkyl halides is 6. The van der Waals surface area contributed by atoms with E-state index in [2.05, 4.69) is 5.32 Å². The first-order valence-corrected chi connectivity index (χ1v) is 11.9. The van der Waals surface area contributed by atoms with Gasteiger partial charge in [-0.25, -0.2) is 0 Å². The lowest BCUT2D eigenvalue weighted by molar-refractivity contribution is -0.140. The molecule has 200 valence electrons. The molecule has 1 unspecified atom stereocenters. The quantitative estimate of drug-likeness (QED) is 0.252. The molecule has 2 aromatic carbocycles. The molecule has 0 heterocycles. The first-order valence-electron chi connectivity index (χ1n) is 10.4. The van der Waals surface area contributed by atoms with Crippen LogP contribution in [-0.2, 0) is 4.79 Å². The second-order valence-electron chi connectivity index (χ2n) is 8.25. The van der Waals surface area contributed by atoms with Crippen molar-refractivity contribution < 1.29 is 35.9 Å². The molecule has 2 aromatic rings. The minimum Gasteiger partial charge on any atom is -0.345 e. The maximum Gasteiger partial charge on any atom is 0.405 e. The normalized spacial score (nSPS) is 15.9. The van der Waals surface area contributed by atoms with E-state index in [0.29, 0.717) is 0 Å². The summed E-state index contributed by atoms with van der Waals surface area (Å²) < 4.78 is 78.3. The van der Waals surface area contributed by atoms with Crippen molar-refractivity contribution in [2.75, 3.05) is 6.54 Å². The third-order valence-electron chi connectivity index (χ3n) is 5.42.